The summed E-state index contributed by atoms with van der Waals surface area (Å²) in [7, 11) is 0. The van der Waals surface area contributed by atoms with E-state index in [1.807, 2.05) is 30.3 Å². The van der Waals surface area contributed by atoms with Crippen LogP contribution in [0.2, 0.25) is 0 Å². The van der Waals surface area contributed by atoms with Crippen molar-refractivity contribution in [1.82, 2.24) is 5.32 Å². The zero-order valence-corrected chi connectivity index (χ0v) is 29.9. The SMILES string of the molecule is CC(C)(C)OC(=O)N[C@@H](Cc1ccccc1)C(=O)O.Cc1c(C(N)=O)c(=O)oc2ccccc12.NC(N)=NCCC[C@H](N)C(=O)O.N[C@@H](CO)C(=O)O. The van der Waals surface area contributed by atoms with E-state index in [1.54, 1.807) is 52.0 Å². The van der Waals surface area contributed by atoms with Gasteiger partial charge < -0.3 is 63.6 Å². The van der Waals surface area contributed by atoms with E-state index in [0.717, 1.165) is 10.9 Å². The van der Waals surface area contributed by atoms with E-state index < -0.39 is 65.9 Å². The van der Waals surface area contributed by atoms with E-state index in [-0.39, 0.29) is 17.9 Å². The minimum Gasteiger partial charge on any atom is -0.480 e. The molecule has 1 aromatic heterocycles. The molecule has 53 heavy (non-hydrogen) atoms. The Bertz CT molecular complexity index is 1740. The Labute approximate surface area is 304 Å². The molecule has 0 radical (unpaired) electrons. The van der Waals surface area contributed by atoms with Crippen LogP contribution in [0.5, 0.6) is 0 Å². The van der Waals surface area contributed by atoms with E-state index >= 15 is 0 Å². The highest BCUT2D eigenvalue weighted by atomic mass is 16.6. The number of benzene rings is 2. The van der Waals surface area contributed by atoms with Crippen molar-refractivity contribution in [2.24, 2.45) is 33.7 Å². The zero-order valence-electron chi connectivity index (χ0n) is 29.9. The van der Waals surface area contributed by atoms with E-state index in [9.17, 15) is 28.8 Å². The Balaban J connectivity index is 0.000000717. The van der Waals surface area contributed by atoms with Gasteiger partial charge in [-0.1, -0.05) is 48.5 Å². The number of alkyl carbamates (subject to hydrolysis) is 1. The number of aliphatic carboxylic acids is 3. The number of hydrogen-bond donors (Lipinski definition) is 10. The summed E-state index contributed by atoms with van der Waals surface area (Å²) in [5.74, 6) is -4.01. The number of carboxylic acids is 3. The number of fused-ring (bicyclic) bond motifs is 1. The van der Waals surface area contributed by atoms with Crippen molar-refractivity contribution in [3.05, 3.63) is 81.7 Å². The number of aryl methyl sites for hydroxylation is 1. The standard InChI is InChI=1S/C14H19NO4.C11H9NO3.C6H14N4O2.C3H7NO3/c1-14(2,3)19-13(18)15-11(12(16)17)9-10-7-5-4-6-8-10;1-6-7-4-2-3-5-8(7)15-11(14)9(6)10(12)13;7-4(5(11)12)2-1-3-10-6(8)9;4-2(1-5)3(6)7/h4-8,11H,9H2,1-3H3,(H,15,18)(H,16,17);2-5H,1H3,(H2,12,13);4H,1-3,7H2,(H,11,12)(H4,8,9,10);2,5H,1,4H2,(H,6,7)/t11-;;4-;2-/m0.00/s1. The molecule has 2 aromatic carbocycles. The lowest BCUT2D eigenvalue weighted by Gasteiger charge is -2.22. The van der Waals surface area contributed by atoms with Gasteiger partial charge in [-0.05, 0) is 57.7 Å². The van der Waals surface area contributed by atoms with Crippen LogP contribution in [0.3, 0.4) is 0 Å². The first-order chi connectivity index (χ1) is 24.6. The molecule has 19 nitrogen and oxygen atoms in total. The molecule has 1 heterocycles. The van der Waals surface area contributed by atoms with E-state index in [1.165, 1.54) is 0 Å². The molecule has 3 aromatic rings. The van der Waals surface area contributed by atoms with Crippen molar-refractivity contribution in [2.45, 2.75) is 70.7 Å². The Kier molecular flexibility index (Phi) is 20.8. The van der Waals surface area contributed by atoms with Crippen LogP contribution in [-0.2, 0) is 25.5 Å². The largest absolute Gasteiger partial charge is 0.480 e. The van der Waals surface area contributed by atoms with Crippen LogP contribution in [0.15, 0.2) is 68.8 Å². The fraction of sp³-hybridized carbons (Fsp3) is 0.382. The van der Waals surface area contributed by atoms with Gasteiger partial charge in [0, 0.05) is 18.4 Å². The van der Waals surface area contributed by atoms with Crippen LogP contribution in [0.4, 0.5) is 4.79 Å². The Morgan fingerprint density at radius 1 is 0.868 bits per heavy atom. The van der Waals surface area contributed by atoms with Gasteiger partial charge >= 0.3 is 29.6 Å². The number of aliphatic hydroxyl groups excluding tert-OH is 1. The molecule has 292 valence electrons. The summed E-state index contributed by atoms with van der Waals surface area (Å²) in [4.78, 5) is 68.7. The molecule has 3 rings (SSSR count). The van der Waals surface area contributed by atoms with E-state index in [2.05, 4.69) is 10.3 Å². The third-order valence-corrected chi connectivity index (χ3v) is 6.39. The summed E-state index contributed by atoms with van der Waals surface area (Å²) in [6.07, 6.45) is 0.447. The smallest absolute Gasteiger partial charge is 0.408 e. The summed E-state index contributed by atoms with van der Waals surface area (Å²) in [5.41, 5.74) is 25.7. The molecule has 3 atom stereocenters. The second kappa shape index (κ2) is 23.4. The van der Waals surface area contributed by atoms with Crippen molar-refractivity contribution < 1.29 is 53.6 Å². The second-order valence-corrected chi connectivity index (χ2v) is 12.0. The fourth-order valence-corrected chi connectivity index (χ4v) is 3.81. The first-order valence-electron chi connectivity index (χ1n) is 15.8. The monoisotopic (exact) mass is 747 g/mol. The number of para-hydroxylation sites is 1. The zero-order chi connectivity index (χ0) is 40.9. The lowest BCUT2D eigenvalue weighted by Crippen LogP contribution is -2.44. The number of ether oxygens (including phenoxy) is 1. The first kappa shape index (κ1) is 47.0. The molecular weight excluding hydrogens is 698 g/mol. The number of carbonyl (C=O) groups is 5. The molecule has 0 aliphatic rings. The minimum absolute atomic E-state index is 0.0129. The number of carboxylic acid groups (broad SMARTS) is 3. The van der Waals surface area contributed by atoms with Crippen LogP contribution < -0.4 is 39.6 Å². The van der Waals surface area contributed by atoms with E-state index in [4.69, 9.17) is 58.2 Å². The summed E-state index contributed by atoms with van der Waals surface area (Å²) in [6.45, 7) is 6.76. The van der Waals surface area contributed by atoms with Crippen molar-refractivity contribution in [3.63, 3.8) is 0 Å². The number of nitrogens with two attached hydrogens (primary N) is 5. The number of aliphatic hydroxyl groups is 1. The number of rotatable bonds is 12. The van der Waals surface area contributed by atoms with Crippen molar-refractivity contribution in [1.29, 1.82) is 0 Å². The molecule has 19 heteroatoms. The molecule has 0 unspecified atom stereocenters. The molecule has 0 bridgehead atoms. The van der Waals surface area contributed by atoms with Gasteiger partial charge in [-0.2, -0.15) is 0 Å². The lowest BCUT2D eigenvalue weighted by molar-refractivity contribution is -0.140. The van der Waals surface area contributed by atoms with Crippen molar-refractivity contribution >= 4 is 46.8 Å². The van der Waals surface area contributed by atoms with Crippen LogP contribution in [0, 0.1) is 6.92 Å². The molecule has 0 saturated heterocycles. The molecular formula is C34H49N7O12. The average Bonchev–Trinajstić information content (AvgIpc) is 3.06. The van der Waals surface area contributed by atoms with Gasteiger partial charge in [0.15, 0.2) is 5.96 Å². The number of amides is 2. The summed E-state index contributed by atoms with van der Waals surface area (Å²) < 4.78 is 10.0. The topological polar surface area (TPSA) is 360 Å². The highest BCUT2D eigenvalue weighted by molar-refractivity contribution is 5.98. The van der Waals surface area contributed by atoms with Gasteiger partial charge in [0.25, 0.3) is 5.91 Å². The predicted molar refractivity (Wildman–Crippen MR) is 195 cm³/mol. The highest BCUT2D eigenvalue weighted by Crippen LogP contribution is 2.18. The maximum atomic E-state index is 11.6. The van der Waals surface area contributed by atoms with E-state index in [0.29, 0.717) is 30.5 Å². The third kappa shape index (κ3) is 19.8. The number of nitrogens with one attached hydrogen (secondary N) is 1. The van der Waals surface area contributed by atoms with Gasteiger partial charge in [0.1, 0.15) is 34.9 Å². The van der Waals surface area contributed by atoms with Crippen molar-refractivity contribution in [3.8, 4) is 0 Å². The van der Waals surface area contributed by atoms with Gasteiger partial charge in [-0.25, -0.2) is 14.4 Å². The summed E-state index contributed by atoms with van der Waals surface area (Å²) >= 11 is 0. The predicted octanol–water partition coefficient (Wildman–Crippen LogP) is 0.250. The molecule has 0 fully saturated rings. The van der Waals surface area contributed by atoms with Gasteiger partial charge in [-0.15, -0.1) is 0 Å². The Morgan fingerprint density at radius 2 is 1.42 bits per heavy atom. The number of hydrogen-bond acceptors (Lipinski definition) is 12. The maximum absolute atomic E-state index is 11.6. The van der Waals surface area contributed by atoms with Crippen LogP contribution in [-0.4, -0.2) is 93.2 Å². The third-order valence-electron chi connectivity index (χ3n) is 6.39. The number of nitrogens with zero attached hydrogens (tertiary/aromatic N) is 1. The number of carbonyl (C=O) groups excluding carboxylic acids is 2. The van der Waals surface area contributed by atoms with Crippen LogP contribution >= 0.6 is 0 Å². The molecule has 0 saturated carbocycles. The van der Waals surface area contributed by atoms with Gasteiger partial charge in [0.05, 0.1) is 6.61 Å². The van der Waals surface area contributed by atoms with Crippen molar-refractivity contribution in [2.75, 3.05) is 13.2 Å². The number of primary amides is 1. The Hall–Kier alpha value is -6.05. The summed E-state index contributed by atoms with van der Waals surface area (Å²) in [5, 5.41) is 36.5. The van der Waals surface area contributed by atoms with Gasteiger partial charge in [0.2, 0.25) is 0 Å². The molecule has 0 spiro atoms. The maximum Gasteiger partial charge on any atom is 0.408 e. The highest BCUT2D eigenvalue weighted by Gasteiger charge is 2.24. The van der Waals surface area contributed by atoms with Crippen LogP contribution in [0.1, 0.15) is 55.1 Å². The number of guanidine groups is 1. The number of aliphatic imine (C=N–C) groups is 1. The molecule has 15 N–H and O–H groups in total. The molecule has 2 amide bonds. The Morgan fingerprint density at radius 3 is 1.87 bits per heavy atom. The molecule has 0 aliphatic heterocycles. The lowest BCUT2D eigenvalue weighted by atomic mass is 10.1. The quantitative estimate of drug-likeness (QED) is 0.0513. The first-order valence-corrected chi connectivity index (χ1v) is 15.8. The molecule has 0 aliphatic carbocycles. The normalized spacial score (nSPS) is 12.0. The fourth-order valence-electron chi connectivity index (χ4n) is 3.81. The van der Waals surface area contributed by atoms with Gasteiger partial charge in [-0.3, -0.25) is 19.4 Å². The second-order valence-electron chi connectivity index (χ2n) is 12.0. The average molecular weight is 748 g/mol. The van der Waals surface area contributed by atoms with Crippen LogP contribution in [0.25, 0.3) is 11.0 Å². The minimum atomic E-state index is -1.18. The summed E-state index contributed by atoms with van der Waals surface area (Å²) in [6, 6.07) is 13.2.